The van der Waals surface area contributed by atoms with Gasteiger partial charge >= 0.3 is 0 Å². The number of nitrogens with one attached hydrogen (secondary N) is 2. The highest BCUT2D eigenvalue weighted by Crippen LogP contribution is 1.93. The Bertz CT molecular complexity index is 353. The molecule has 0 fully saturated rings. The molecule has 0 aromatic rings. The maximum atomic E-state index is 11.7. The van der Waals surface area contributed by atoms with E-state index in [4.69, 9.17) is 9.47 Å². The molecule has 8 heteroatoms. The third-order valence-corrected chi connectivity index (χ3v) is 3.04. The fourth-order valence-corrected chi connectivity index (χ4v) is 1.69. The lowest BCUT2D eigenvalue weighted by Gasteiger charge is -2.14. The molecule has 0 saturated carbocycles. The average molecular weight is 472 g/mol. The molecular weight excluding hydrogens is 435 g/mol. The van der Waals surface area contributed by atoms with Crippen molar-refractivity contribution >= 4 is 35.8 Å². The van der Waals surface area contributed by atoms with E-state index < -0.39 is 0 Å². The standard InChI is InChI=1S/C17H36N4O3.HI/c1-6-23-11-7-9-18-17(20-13-16(22)21(4)5)19-10-8-12-24-14-15(2)3;/h15H,6-14H2,1-5H3,(H2,18,19,20);1H. The molecule has 0 aliphatic rings. The molecular formula is C17H37IN4O3. The number of rotatable bonds is 13. The minimum Gasteiger partial charge on any atom is -0.382 e. The van der Waals surface area contributed by atoms with E-state index in [-0.39, 0.29) is 36.4 Å². The van der Waals surface area contributed by atoms with Gasteiger partial charge in [0.1, 0.15) is 6.54 Å². The third-order valence-electron chi connectivity index (χ3n) is 3.04. The van der Waals surface area contributed by atoms with Gasteiger partial charge in [0.25, 0.3) is 0 Å². The first-order valence-electron chi connectivity index (χ1n) is 8.85. The van der Waals surface area contributed by atoms with E-state index in [1.54, 1.807) is 14.1 Å². The molecule has 0 rings (SSSR count). The van der Waals surface area contributed by atoms with Crippen LogP contribution in [0.4, 0.5) is 0 Å². The zero-order chi connectivity index (χ0) is 18.2. The van der Waals surface area contributed by atoms with E-state index in [1.807, 2.05) is 6.92 Å². The van der Waals surface area contributed by atoms with Gasteiger partial charge in [0.05, 0.1) is 0 Å². The third kappa shape index (κ3) is 18.0. The van der Waals surface area contributed by atoms with Gasteiger partial charge in [-0.25, -0.2) is 4.99 Å². The van der Waals surface area contributed by atoms with Crippen molar-refractivity contribution in [1.29, 1.82) is 0 Å². The van der Waals surface area contributed by atoms with Crippen molar-refractivity contribution in [2.24, 2.45) is 10.9 Å². The van der Waals surface area contributed by atoms with Crippen LogP contribution >= 0.6 is 24.0 Å². The Labute approximate surface area is 170 Å². The average Bonchev–Trinajstić information content (AvgIpc) is 2.53. The summed E-state index contributed by atoms with van der Waals surface area (Å²) >= 11 is 0. The van der Waals surface area contributed by atoms with Gasteiger partial charge in [-0.1, -0.05) is 13.8 Å². The summed E-state index contributed by atoms with van der Waals surface area (Å²) in [5, 5.41) is 6.47. The lowest BCUT2D eigenvalue weighted by atomic mass is 10.2. The summed E-state index contributed by atoms with van der Waals surface area (Å²) in [7, 11) is 3.46. The molecule has 25 heavy (non-hydrogen) atoms. The zero-order valence-corrected chi connectivity index (χ0v) is 18.8. The van der Waals surface area contributed by atoms with E-state index in [2.05, 4.69) is 29.5 Å². The first-order chi connectivity index (χ1) is 11.5. The highest BCUT2D eigenvalue weighted by atomic mass is 127. The summed E-state index contributed by atoms with van der Waals surface area (Å²) in [6, 6.07) is 0. The molecule has 0 aliphatic heterocycles. The first kappa shape index (κ1) is 26.6. The first-order valence-corrected chi connectivity index (χ1v) is 8.85. The number of likely N-dealkylation sites (N-methyl/N-ethyl adjacent to an activating group) is 1. The highest BCUT2D eigenvalue weighted by Gasteiger charge is 2.04. The van der Waals surface area contributed by atoms with Crippen molar-refractivity contribution in [3.63, 3.8) is 0 Å². The van der Waals surface area contributed by atoms with Crippen LogP contribution in [-0.2, 0) is 14.3 Å². The lowest BCUT2D eigenvalue weighted by Crippen LogP contribution is -2.40. The van der Waals surface area contributed by atoms with Crippen LogP contribution in [0.2, 0.25) is 0 Å². The van der Waals surface area contributed by atoms with Gasteiger partial charge in [0, 0.05) is 53.6 Å². The van der Waals surface area contributed by atoms with Gasteiger partial charge in [0.15, 0.2) is 5.96 Å². The minimum absolute atomic E-state index is 0. The Morgan fingerprint density at radius 3 is 2.12 bits per heavy atom. The van der Waals surface area contributed by atoms with Crippen LogP contribution in [-0.4, -0.2) is 76.9 Å². The Morgan fingerprint density at radius 2 is 1.64 bits per heavy atom. The summed E-state index contributed by atoms with van der Waals surface area (Å²) in [4.78, 5) is 17.5. The smallest absolute Gasteiger partial charge is 0.243 e. The summed E-state index contributed by atoms with van der Waals surface area (Å²) in [5.41, 5.74) is 0. The number of amides is 1. The summed E-state index contributed by atoms with van der Waals surface area (Å²) in [6.07, 6.45) is 1.79. The minimum atomic E-state index is -0.0225. The van der Waals surface area contributed by atoms with Crippen LogP contribution in [0.3, 0.4) is 0 Å². The van der Waals surface area contributed by atoms with Crippen LogP contribution in [0.1, 0.15) is 33.6 Å². The van der Waals surface area contributed by atoms with Crippen LogP contribution in [0.25, 0.3) is 0 Å². The van der Waals surface area contributed by atoms with E-state index in [0.717, 1.165) is 52.4 Å². The van der Waals surface area contributed by atoms with Crippen molar-refractivity contribution in [3.8, 4) is 0 Å². The summed E-state index contributed by atoms with van der Waals surface area (Å²) < 4.78 is 10.9. The largest absolute Gasteiger partial charge is 0.382 e. The number of ether oxygens (including phenoxy) is 2. The van der Waals surface area contributed by atoms with Gasteiger partial charge in [-0.3, -0.25) is 4.79 Å². The van der Waals surface area contributed by atoms with Gasteiger partial charge in [-0.05, 0) is 25.7 Å². The second-order valence-electron chi connectivity index (χ2n) is 6.18. The van der Waals surface area contributed by atoms with E-state index in [1.165, 1.54) is 4.90 Å². The molecule has 0 atom stereocenters. The van der Waals surface area contributed by atoms with E-state index in [9.17, 15) is 4.79 Å². The maximum Gasteiger partial charge on any atom is 0.243 e. The van der Waals surface area contributed by atoms with E-state index >= 15 is 0 Å². The van der Waals surface area contributed by atoms with Crippen molar-refractivity contribution in [1.82, 2.24) is 15.5 Å². The van der Waals surface area contributed by atoms with Crippen LogP contribution < -0.4 is 10.6 Å². The van der Waals surface area contributed by atoms with Crippen molar-refractivity contribution in [2.75, 3.05) is 60.2 Å². The molecule has 0 heterocycles. The number of hydrogen-bond acceptors (Lipinski definition) is 4. The van der Waals surface area contributed by atoms with Gasteiger partial charge < -0.3 is 25.0 Å². The number of carbonyl (C=O) groups excluding carboxylic acids is 1. The molecule has 0 unspecified atom stereocenters. The van der Waals surface area contributed by atoms with Crippen molar-refractivity contribution in [2.45, 2.75) is 33.6 Å². The SMILES string of the molecule is CCOCCCNC(=NCC(=O)N(C)C)NCCCOCC(C)C.I. The zero-order valence-electron chi connectivity index (χ0n) is 16.5. The number of nitrogens with zero attached hydrogens (tertiary/aromatic N) is 2. The Balaban J connectivity index is 0. The topological polar surface area (TPSA) is 75.2 Å². The van der Waals surface area contributed by atoms with Crippen molar-refractivity contribution < 1.29 is 14.3 Å². The second kappa shape index (κ2) is 18.2. The monoisotopic (exact) mass is 472 g/mol. The number of aliphatic imine (C=N–C) groups is 1. The normalized spacial score (nSPS) is 11.2. The highest BCUT2D eigenvalue weighted by molar-refractivity contribution is 14.0. The number of guanidine groups is 1. The molecule has 0 aliphatic carbocycles. The van der Waals surface area contributed by atoms with Gasteiger partial charge in [-0.15, -0.1) is 24.0 Å². The molecule has 0 spiro atoms. The van der Waals surface area contributed by atoms with Crippen LogP contribution in [0.15, 0.2) is 4.99 Å². The molecule has 1 amide bonds. The number of hydrogen-bond donors (Lipinski definition) is 2. The number of carbonyl (C=O) groups is 1. The summed E-state index contributed by atoms with van der Waals surface area (Å²) in [6.45, 7) is 10.9. The molecule has 150 valence electrons. The molecule has 0 aromatic carbocycles. The second-order valence-corrected chi connectivity index (χ2v) is 6.18. The summed E-state index contributed by atoms with van der Waals surface area (Å²) in [5.74, 6) is 1.19. The van der Waals surface area contributed by atoms with Gasteiger partial charge in [0.2, 0.25) is 5.91 Å². The Kier molecular flexibility index (Phi) is 19.4. The molecule has 0 bridgehead atoms. The lowest BCUT2D eigenvalue weighted by molar-refractivity contribution is -0.127. The van der Waals surface area contributed by atoms with Crippen LogP contribution in [0, 0.1) is 5.92 Å². The maximum absolute atomic E-state index is 11.7. The Morgan fingerprint density at radius 1 is 1.08 bits per heavy atom. The molecule has 0 saturated heterocycles. The number of halogens is 1. The Hall–Kier alpha value is -0.610. The van der Waals surface area contributed by atoms with Crippen LogP contribution in [0.5, 0.6) is 0 Å². The molecule has 2 N–H and O–H groups in total. The van der Waals surface area contributed by atoms with Crippen molar-refractivity contribution in [3.05, 3.63) is 0 Å². The fourth-order valence-electron chi connectivity index (χ4n) is 1.69. The molecule has 0 radical (unpaired) electrons. The van der Waals surface area contributed by atoms with E-state index in [0.29, 0.717) is 11.9 Å². The predicted molar refractivity (Wildman–Crippen MR) is 114 cm³/mol. The van der Waals surface area contributed by atoms with Gasteiger partial charge in [-0.2, -0.15) is 0 Å². The quantitative estimate of drug-likeness (QED) is 0.185. The molecule has 7 nitrogen and oxygen atoms in total. The predicted octanol–water partition coefficient (Wildman–Crippen LogP) is 1.72. The fraction of sp³-hybridized carbons (Fsp3) is 0.882. The molecule has 0 aromatic heterocycles.